The molecule has 4 heterocycles. The highest BCUT2D eigenvalue weighted by molar-refractivity contribution is 6.32. The van der Waals surface area contributed by atoms with E-state index in [2.05, 4.69) is 10.00 Å². The molecule has 0 spiro atoms. The predicted molar refractivity (Wildman–Crippen MR) is 130 cm³/mol. The van der Waals surface area contributed by atoms with E-state index in [0.717, 1.165) is 30.7 Å². The van der Waals surface area contributed by atoms with Crippen LogP contribution in [0.3, 0.4) is 0 Å². The van der Waals surface area contributed by atoms with Crippen LogP contribution in [-0.2, 0) is 7.05 Å². The number of furan rings is 1. The normalized spacial score (nSPS) is 14.6. The van der Waals surface area contributed by atoms with E-state index in [1.54, 1.807) is 10.9 Å². The molecule has 0 unspecified atom stereocenters. The fourth-order valence-electron chi connectivity index (χ4n) is 4.36. The number of aryl methyl sites for hydroxylation is 2. The van der Waals surface area contributed by atoms with Gasteiger partial charge in [-0.15, -0.1) is 0 Å². The molecule has 0 bridgehead atoms. The van der Waals surface area contributed by atoms with Crippen molar-refractivity contribution in [2.75, 3.05) is 39.3 Å². The zero-order valence-corrected chi connectivity index (χ0v) is 20.0. The molecular formula is C25H26ClN5O3. The van der Waals surface area contributed by atoms with Crippen molar-refractivity contribution in [3.63, 3.8) is 0 Å². The maximum absolute atomic E-state index is 13.6. The lowest BCUT2D eigenvalue weighted by Gasteiger charge is -2.34. The summed E-state index contributed by atoms with van der Waals surface area (Å²) >= 11 is 6.16. The molecule has 0 radical (unpaired) electrons. The molecule has 1 fully saturated rings. The van der Waals surface area contributed by atoms with Crippen LogP contribution in [0, 0.1) is 6.92 Å². The summed E-state index contributed by atoms with van der Waals surface area (Å²) in [5.74, 6) is 1.31. The Morgan fingerprint density at radius 1 is 1.15 bits per heavy atom. The van der Waals surface area contributed by atoms with E-state index in [1.165, 1.54) is 0 Å². The number of hydrogen-bond donors (Lipinski definition) is 0. The van der Waals surface area contributed by atoms with Crippen LogP contribution in [0.25, 0.3) is 22.5 Å². The summed E-state index contributed by atoms with van der Waals surface area (Å²) in [6, 6.07) is 12.9. The number of pyridine rings is 1. The highest BCUT2D eigenvalue weighted by Crippen LogP contribution is 2.28. The highest BCUT2D eigenvalue weighted by atomic mass is 35.5. The average Bonchev–Trinajstić information content (AvgIpc) is 3.48. The van der Waals surface area contributed by atoms with E-state index >= 15 is 0 Å². The monoisotopic (exact) mass is 479 g/mol. The molecule has 1 aliphatic rings. The Balaban J connectivity index is 1.28. The molecule has 0 saturated carbocycles. The molecule has 1 saturated heterocycles. The summed E-state index contributed by atoms with van der Waals surface area (Å²) in [5, 5.41) is 5.90. The second-order valence-corrected chi connectivity index (χ2v) is 8.76. The minimum atomic E-state index is -0.0109. The Hall–Kier alpha value is -3.36. The maximum atomic E-state index is 13.6. The number of ether oxygens (including phenoxy) is 1. The molecule has 5 rings (SSSR count). The number of piperazine rings is 1. The van der Waals surface area contributed by atoms with Gasteiger partial charge in [-0.2, -0.15) is 5.10 Å². The molecule has 34 heavy (non-hydrogen) atoms. The summed E-state index contributed by atoms with van der Waals surface area (Å²) in [4.78, 5) is 22.5. The van der Waals surface area contributed by atoms with Crippen LogP contribution in [-0.4, -0.2) is 69.8 Å². The minimum Gasteiger partial charge on any atom is -0.491 e. The van der Waals surface area contributed by atoms with Gasteiger partial charge in [0.1, 0.15) is 18.1 Å². The predicted octanol–water partition coefficient (Wildman–Crippen LogP) is 4.03. The fraction of sp³-hybridized carbons (Fsp3) is 0.320. The van der Waals surface area contributed by atoms with Crippen LogP contribution in [0.5, 0.6) is 5.75 Å². The van der Waals surface area contributed by atoms with Crippen molar-refractivity contribution in [3.05, 3.63) is 65.0 Å². The molecule has 1 aliphatic heterocycles. The third kappa shape index (κ3) is 4.38. The van der Waals surface area contributed by atoms with Gasteiger partial charge in [0.2, 0.25) is 0 Å². The minimum absolute atomic E-state index is 0.0109. The highest BCUT2D eigenvalue weighted by Gasteiger charge is 2.26. The molecule has 1 aromatic carbocycles. The number of nitrogens with zero attached hydrogens (tertiary/aromatic N) is 5. The van der Waals surface area contributed by atoms with Crippen molar-refractivity contribution in [2.24, 2.45) is 7.05 Å². The van der Waals surface area contributed by atoms with Crippen LogP contribution < -0.4 is 4.74 Å². The summed E-state index contributed by atoms with van der Waals surface area (Å²) < 4.78 is 13.1. The Labute approximate surface area is 202 Å². The quantitative estimate of drug-likeness (QED) is 0.415. The van der Waals surface area contributed by atoms with E-state index in [1.807, 2.05) is 61.3 Å². The summed E-state index contributed by atoms with van der Waals surface area (Å²) in [7, 11) is 1.84. The number of benzene rings is 1. The van der Waals surface area contributed by atoms with Gasteiger partial charge in [0.25, 0.3) is 5.91 Å². The van der Waals surface area contributed by atoms with Crippen molar-refractivity contribution in [1.29, 1.82) is 0 Å². The van der Waals surface area contributed by atoms with Crippen molar-refractivity contribution in [1.82, 2.24) is 24.6 Å². The third-order valence-electron chi connectivity index (χ3n) is 6.13. The topological polar surface area (TPSA) is 76.6 Å². The maximum Gasteiger partial charge on any atom is 0.254 e. The number of amides is 1. The van der Waals surface area contributed by atoms with E-state index in [9.17, 15) is 4.79 Å². The average molecular weight is 480 g/mol. The number of halogens is 1. The molecule has 1 amide bonds. The zero-order chi connectivity index (χ0) is 23.7. The van der Waals surface area contributed by atoms with Gasteiger partial charge in [-0.05, 0) is 37.3 Å². The van der Waals surface area contributed by atoms with Crippen LogP contribution in [0.2, 0.25) is 5.02 Å². The van der Waals surface area contributed by atoms with Crippen LogP contribution >= 0.6 is 11.6 Å². The van der Waals surface area contributed by atoms with Crippen LogP contribution in [0.1, 0.15) is 16.1 Å². The van der Waals surface area contributed by atoms with Crippen LogP contribution in [0.15, 0.2) is 53.1 Å². The fourth-order valence-corrected chi connectivity index (χ4v) is 4.55. The van der Waals surface area contributed by atoms with Gasteiger partial charge in [0.05, 0.1) is 27.9 Å². The number of aromatic nitrogens is 3. The molecule has 0 aliphatic carbocycles. The number of fused-ring (bicyclic) bond motifs is 1. The van der Waals surface area contributed by atoms with Crippen molar-refractivity contribution in [2.45, 2.75) is 6.92 Å². The first-order valence-electron chi connectivity index (χ1n) is 11.3. The molecule has 0 atom stereocenters. The number of carbonyl (C=O) groups is 1. The van der Waals surface area contributed by atoms with Crippen LogP contribution in [0.4, 0.5) is 0 Å². The standard InChI is InChI=1S/C25H26ClN5O3/c1-17-23-18(16-20(22-8-5-14-33-22)27-24(23)29(2)28-17)25(32)31-11-9-30(10-12-31)13-15-34-21-7-4-3-6-19(21)26/h3-8,14,16H,9-13,15H2,1-2H3. The van der Waals surface area contributed by atoms with Gasteiger partial charge in [0.15, 0.2) is 11.4 Å². The lowest BCUT2D eigenvalue weighted by molar-refractivity contribution is 0.0622. The number of rotatable bonds is 6. The Kier molecular flexibility index (Phi) is 6.26. The zero-order valence-electron chi connectivity index (χ0n) is 19.2. The Morgan fingerprint density at radius 2 is 1.94 bits per heavy atom. The summed E-state index contributed by atoms with van der Waals surface area (Å²) in [5.41, 5.74) is 2.69. The molecule has 3 aromatic heterocycles. The Morgan fingerprint density at radius 3 is 2.68 bits per heavy atom. The SMILES string of the molecule is Cc1nn(C)c2nc(-c3ccco3)cc(C(=O)N3CCN(CCOc4ccccc4Cl)CC3)c12. The molecule has 176 valence electrons. The molecular weight excluding hydrogens is 454 g/mol. The van der Waals surface area contributed by atoms with Crippen molar-refractivity contribution in [3.8, 4) is 17.2 Å². The van der Waals surface area contributed by atoms with E-state index in [-0.39, 0.29) is 5.91 Å². The summed E-state index contributed by atoms with van der Waals surface area (Å²) in [6.45, 7) is 6.07. The third-order valence-corrected chi connectivity index (χ3v) is 6.45. The lowest BCUT2D eigenvalue weighted by atomic mass is 10.1. The lowest BCUT2D eigenvalue weighted by Crippen LogP contribution is -2.49. The van der Waals surface area contributed by atoms with E-state index in [4.69, 9.17) is 25.7 Å². The first-order valence-corrected chi connectivity index (χ1v) is 11.7. The van der Waals surface area contributed by atoms with E-state index in [0.29, 0.717) is 53.1 Å². The van der Waals surface area contributed by atoms with Gasteiger partial charge in [-0.25, -0.2) is 4.98 Å². The number of para-hydroxylation sites is 1. The first-order chi connectivity index (χ1) is 16.5. The smallest absolute Gasteiger partial charge is 0.254 e. The molecule has 0 N–H and O–H groups in total. The number of hydrogen-bond acceptors (Lipinski definition) is 6. The van der Waals surface area contributed by atoms with Gasteiger partial charge in [-0.1, -0.05) is 23.7 Å². The second kappa shape index (κ2) is 9.48. The van der Waals surface area contributed by atoms with Crippen molar-refractivity contribution >= 4 is 28.5 Å². The molecule has 9 heteroatoms. The second-order valence-electron chi connectivity index (χ2n) is 8.35. The van der Waals surface area contributed by atoms with Gasteiger partial charge in [0, 0.05) is 39.8 Å². The summed E-state index contributed by atoms with van der Waals surface area (Å²) in [6.07, 6.45) is 1.60. The number of carbonyl (C=O) groups excluding carboxylic acids is 1. The van der Waals surface area contributed by atoms with Gasteiger partial charge in [-0.3, -0.25) is 14.4 Å². The van der Waals surface area contributed by atoms with Gasteiger partial charge >= 0.3 is 0 Å². The largest absolute Gasteiger partial charge is 0.491 e. The molecule has 4 aromatic rings. The van der Waals surface area contributed by atoms with E-state index < -0.39 is 0 Å². The Bertz CT molecular complexity index is 1310. The van der Waals surface area contributed by atoms with Gasteiger partial charge < -0.3 is 14.1 Å². The molecule has 8 nitrogen and oxygen atoms in total. The van der Waals surface area contributed by atoms with Crippen molar-refractivity contribution < 1.29 is 13.9 Å². The first kappa shape index (κ1) is 22.4.